The van der Waals surface area contributed by atoms with E-state index >= 15 is 0 Å². The van der Waals surface area contributed by atoms with Crippen LogP contribution in [-0.2, 0) is 0 Å². The molecule has 0 radical (unpaired) electrons. The minimum Gasteiger partial charge on any atom is -0.418 e. The van der Waals surface area contributed by atoms with Crippen LogP contribution in [0.4, 0.5) is 17.3 Å². The molecule has 0 spiro atoms. The van der Waals surface area contributed by atoms with Gasteiger partial charge in [-0.1, -0.05) is 26.7 Å². The Morgan fingerprint density at radius 2 is 1.25 bits per heavy atom. The number of hydrogen-bond donors (Lipinski definition) is 1. The Kier molecular flexibility index (Phi) is 12.7. The van der Waals surface area contributed by atoms with Crippen LogP contribution in [-0.4, -0.2) is 20.3 Å². The molecule has 0 atom stereocenters. The van der Waals surface area contributed by atoms with Crippen LogP contribution in [0, 0.1) is 0 Å². The molecule has 0 fully saturated rings. The van der Waals surface area contributed by atoms with Crippen LogP contribution in [0.2, 0.25) is 0 Å². The number of quaternary nitrogens is 1. The molecule has 0 aromatic rings. The molecule has 0 saturated heterocycles. The van der Waals surface area contributed by atoms with Gasteiger partial charge in [-0.2, -0.15) is 0 Å². The van der Waals surface area contributed by atoms with E-state index in [1.807, 2.05) is 0 Å². The zero-order valence-corrected chi connectivity index (χ0v) is 10.5. The summed E-state index contributed by atoms with van der Waals surface area (Å²) in [7, 11) is -3.80. The quantitative estimate of drug-likeness (QED) is 0.523. The largest absolute Gasteiger partial charge is 0.673 e. The van der Waals surface area contributed by atoms with Crippen LogP contribution in [0.1, 0.15) is 52.4 Å². The van der Waals surface area contributed by atoms with Crippen molar-refractivity contribution in [1.29, 1.82) is 0 Å². The van der Waals surface area contributed by atoms with Crippen LogP contribution in [0.3, 0.4) is 0 Å². The highest BCUT2D eigenvalue weighted by Gasteiger charge is 2.20. The molecule has 1 nitrogen and oxygen atoms in total. The molecule has 0 unspecified atom stereocenters. The molecule has 0 aliphatic carbocycles. The minimum atomic E-state index is -6.00. The zero-order chi connectivity index (χ0) is 13.0. The molecule has 100 valence electrons. The number of hydrogen-bond acceptors (Lipinski definition) is 0. The lowest BCUT2D eigenvalue weighted by Crippen LogP contribution is -2.86. The molecule has 6 heteroatoms. The maximum absolute atomic E-state index is 9.75. The van der Waals surface area contributed by atoms with Crippen LogP contribution in [0.15, 0.2) is 0 Å². The summed E-state index contributed by atoms with van der Waals surface area (Å²) in [6, 6.07) is 0.898. The van der Waals surface area contributed by atoms with E-state index in [4.69, 9.17) is 0 Å². The van der Waals surface area contributed by atoms with Crippen molar-refractivity contribution >= 4 is 7.25 Å². The van der Waals surface area contributed by atoms with E-state index in [1.54, 1.807) is 0 Å². The van der Waals surface area contributed by atoms with Gasteiger partial charge in [0.25, 0.3) is 0 Å². The van der Waals surface area contributed by atoms with Crippen LogP contribution >= 0.6 is 0 Å². The van der Waals surface area contributed by atoms with Crippen molar-refractivity contribution in [3.63, 3.8) is 0 Å². The van der Waals surface area contributed by atoms with Crippen molar-refractivity contribution in [2.75, 3.05) is 7.05 Å². The lowest BCUT2D eigenvalue weighted by atomic mass is 10.0. The Hall–Kier alpha value is -0.255. The minimum absolute atomic E-state index is 0.898. The van der Waals surface area contributed by atoms with Gasteiger partial charge in [0.05, 0.1) is 13.1 Å². The van der Waals surface area contributed by atoms with Crippen LogP contribution < -0.4 is 5.32 Å². The number of rotatable bonds is 7. The summed E-state index contributed by atoms with van der Waals surface area (Å²) in [5.74, 6) is 0. The molecule has 0 aliphatic rings. The van der Waals surface area contributed by atoms with Crippen molar-refractivity contribution in [3.8, 4) is 0 Å². The van der Waals surface area contributed by atoms with Gasteiger partial charge in [-0.3, -0.25) is 0 Å². The van der Waals surface area contributed by atoms with E-state index in [0.717, 1.165) is 6.04 Å². The second kappa shape index (κ2) is 11.2. The monoisotopic (exact) mass is 245 g/mol. The Bertz CT molecular complexity index is 127. The van der Waals surface area contributed by atoms with Crippen LogP contribution in [0.25, 0.3) is 0 Å². The average Bonchev–Trinajstić information content (AvgIpc) is 2.16. The fourth-order valence-electron chi connectivity index (χ4n) is 1.41. The van der Waals surface area contributed by atoms with Gasteiger partial charge in [0.2, 0.25) is 0 Å². The maximum atomic E-state index is 9.75. The van der Waals surface area contributed by atoms with Gasteiger partial charge in [-0.15, -0.1) is 0 Å². The topological polar surface area (TPSA) is 16.6 Å². The van der Waals surface area contributed by atoms with Gasteiger partial charge in [-0.25, -0.2) is 0 Å². The molecule has 0 aliphatic heterocycles. The summed E-state index contributed by atoms with van der Waals surface area (Å²) in [6.07, 6.45) is 8.31. The lowest BCUT2D eigenvalue weighted by Gasteiger charge is -2.11. The first-order valence-corrected chi connectivity index (χ1v) is 6.01. The number of halogens is 4. The van der Waals surface area contributed by atoms with Crippen molar-refractivity contribution in [3.05, 3.63) is 0 Å². The van der Waals surface area contributed by atoms with Gasteiger partial charge >= 0.3 is 7.25 Å². The highest BCUT2D eigenvalue weighted by atomic mass is 19.5. The van der Waals surface area contributed by atoms with Crippen molar-refractivity contribution < 1.29 is 22.6 Å². The highest BCUT2D eigenvalue weighted by Crippen LogP contribution is 2.06. The number of unbranched alkanes of at least 4 members (excludes halogenated alkanes) is 2. The standard InChI is InChI=1S/C10H23N.BF4/c1-4-6-8-10(11-3)9-7-5-2;2-1(3,4)5/h10-11H,4-9H2,1-3H3;/q;-1/p+1. The van der Waals surface area contributed by atoms with Crippen molar-refractivity contribution in [2.45, 2.75) is 58.4 Å². The molecule has 0 bridgehead atoms. The van der Waals surface area contributed by atoms with E-state index < -0.39 is 7.25 Å². The fraction of sp³-hybridized carbons (Fsp3) is 1.00. The summed E-state index contributed by atoms with van der Waals surface area (Å²) in [6.45, 7) is 4.54. The van der Waals surface area contributed by atoms with E-state index in [2.05, 4.69) is 26.2 Å². The molecule has 0 aromatic heterocycles. The molecule has 0 saturated carbocycles. The van der Waals surface area contributed by atoms with E-state index in [0.29, 0.717) is 0 Å². The SMILES string of the molecule is CCCCC(CCCC)[NH2+]C.F[B-](F)(F)F. The molecule has 16 heavy (non-hydrogen) atoms. The molecular weight excluding hydrogens is 221 g/mol. The van der Waals surface area contributed by atoms with Gasteiger partial charge in [0.15, 0.2) is 0 Å². The lowest BCUT2D eigenvalue weighted by molar-refractivity contribution is -0.665. The first kappa shape index (κ1) is 18.1. The summed E-state index contributed by atoms with van der Waals surface area (Å²) in [4.78, 5) is 0. The Morgan fingerprint density at radius 3 is 1.44 bits per heavy atom. The smallest absolute Gasteiger partial charge is 0.418 e. The first-order chi connectivity index (χ1) is 7.35. The molecule has 2 N–H and O–H groups in total. The van der Waals surface area contributed by atoms with Crippen molar-refractivity contribution in [1.82, 2.24) is 0 Å². The Labute approximate surface area is 96.1 Å². The van der Waals surface area contributed by atoms with Crippen LogP contribution in [0.5, 0.6) is 0 Å². The van der Waals surface area contributed by atoms with Gasteiger partial charge in [-0.05, 0) is 25.7 Å². The third-order valence-electron chi connectivity index (χ3n) is 2.33. The third-order valence-corrected chi connectivity index (χ3v) is 2.33. The first-order valence-electron chi connectivity index (χ1n) is 6.01. The summed E-state index contributed by atoms with van der Waals surface area (Å²) < 4.78 is 39.0. The average molecular weight is 245 g/mol. The highest BCUT2D eigenvalue weighted by molar-refractivity contribution is 6.50. The summed E-state index contributed by atoms with van der Waals surface area (Å²) in [5.41, 5.74) is 0. The molecule has 0 amide bonds. The Morgan fingerprint density at radius 1 is 0.938 bits per heavy atom. The molecule has 0 rings (SSSR count). The second-order valence-corrected chi connectivity index (χ2v) is 3.87. The molecular formula is C10H24BF4N. The zero-order valence-electron chi connectivity index (χ0n) is 10.5. The van der Waals surface area contributed by atoms with Crippen molar-refractivity contribution in [2.24, 2.45) is 0 Å². The van der Waals surface area contributed by atoms with E-state index in [1.165, 1.54) is 38.5 Å². The van der Waals surface area contributed by atoms with E-state index in [9.17, 15) is 17.3 Å². The third kappa shape index (κ3) is 23.5. The fourth-order valence-corrected chi connectivity index (χ4v) is 1.41. The molecule has 0 heterocycles. The number of nitrogens with two attached hydrogens (primary N) is 1. The van der Waals surface area contributed by atoms with Gasteiger partial charge < -0.3 is 22.6 Å². The predicted molar refractivity (Wildman–Crippen MR) is 60.9 cm³/mol. The normalized spacial score (nSPS) is 11.2. The van der Waals surface area contributed by atoms with E-state index in [-0.39, 0.29) is 0 Å². The Balaban J connectivity index is 0. The van der Waals surface area contributed by atoms with Gasteiger partial charge in [0.1, 0.15) is 0 Å². The summed E-state index contributed by atoms with van der Waals surface area (Å²) >= 11 is 0. The van der Waals surface area contributed by atoms with Gasteiger partial charge in [0, 0.05) is 0 Å². The second-order valence-electron chi connectivity index (χ2n) is 3.87. The summed E-state index contributed by atoms with van der Waals surface area (Å²) in [5, 5.41) is 2.38. The molecule has 0 aromatic carbocycles. The maximum Gasteiger partial charge on any atom is 0.673 e. The predicted octanol–water partition coefficient (Wildman–Crippen LogP) is 3.23.